The van der Waals surface area contributed by atoms with Gasteiger partial charge in [-0.1, -0.05) is 71.1 Å². The molecule has 0 saturated heterocycles. The average molecular weight is 920 g/mol. The predicted octanol–water partition coefficient (Wildman–Crippen LogP) is 8.38. The molecule has 316 valence electrons. The van der Waals surface area contributed by atoms with E-state index in [1.54, 1.807) is 0 Å². The van der Waals surface area contributed by atoms with E-state index in [9.17, 15) is 14.4 Å². The maximum absolute atomic E-state index is 11.4. The zero-order valence-corrected chi connectivity index (χ0v) is 37.9. The summed E-state index contributed by atoms with van der Waals surface area (Å²) in [6.07, 6.45) is 3.59. The predicted molar refractivity (Wildman–Crippen MR) is 240 cm³/mol. The van der Waals surface area contributed by atoms with Crippen LogP contribution in [0.1, 0.15) is 62.1 Å². The van der Waals surface area contributed by atoms with E-state index in [0.29, 0.717) is 38.9 Å². The van der Waals surface area contributed by atoms with Gasteiger partial charge in [0.05, 0.1) is 39.6 Å². The van der Waals surface area contributed by atoms with Gasteiger partial charge in [0.15, 0.2) is 0 Å². The van der Waals surface area contributed by atoms with Crippen LogP contribution in [0.5, 0.6) is 11.5 Å². The summed E-state index contributed by atoms with van der Waals surface area (Å²) in [5.41, 5.74) is 27.6. The van der Waals surface area contributed by atoms with E-state index in [4.69, 9.17) is 30.2 Å². The molecule has 2 atom stereocenters. The van der Waals surface area contributed by atoms with Gasteiger partial charge in [-0.05, 0) is 135 Å². The Morgan fingerprint density at radius 1 is 0.678 bits per heavy atom. The lowest BCUT2D eigenvalue weighted by atomic mass is 9.93. The fourth-order valence-corrected chi connectivity index (χ4v) is 7.51. The van der Waals surface area contributed by atoms with Gasteiger partial charge in [0.1, 0.15) is 24.7 Å². The lowest BCUT2D eigenvalue weighted by Crippen LogP contribution is -2.29. The van der Waals surface area contributed by atoms with E-state index in [2.05, 4.69) is 64.2 Å². The van der Waals surface area contributed by atoms with E-state index in [0.717, 1.165) is 33.9 Å². The van der Waals surface area contributed by atoms with E-state index < -0.39 is 5.97 Å². The molecule has 0 spiro atoms. The molecule has 11 nitrogen and oxygen atoms in total. The van der Waals surface area contributed by atoms with Gasteiger partial charge in [0, 0.05) is 15.7 Å². The van der Waals surface area contributed by atoms with Crippen LogP contribution in [0.25, 0.3) is 5.53 Å². The number of nitrogen functional groups attached to an aromatic ring is 1. The molecule has 4 aromatic carbocycles. The largest absolute Gasteiger partial charge is 0.492 e. The number of esters is 3. The Morgan fingerprint density at radius 2 is 1.14 bits per heavy atom. The van der Waals surface area contributed by atoms with Crippen LogP contribution in [0.3, 0.4) is 0 Å². The van der Waals surface area contributed by atoms with Crippen molar-refractivity contribution >= 4 is 51.9 Å². The highest BCUT2D eigenvalue weighted by atomic mass is 127. The molecule has 2 heterocycles. The zero-order chi connectivity index (χ0) is 43.6. The van der Waals surface area contributed by atoms with Gasteiger partial charge in [0.2, 0.25) is 0 Å². The Morgan fingerprint density at radius 3 is 1.61 bits per heavy atom. The molecule has 0 amide bonds. The maximum Gasteiger partial charge on any atom is 0.416 e. The van der Waals surface area contributed by atoms with Crippen LogP contribution < -0.4 is 15.2 Å². The van der Waals surface area contributed by atoms with Crippen molar-refractivity contribution in [1.29, 1.82) is 0 Å². The van der Waals surface area contributed by atoms with E-state index in [1.807, 2.05) is 76.2 Å². The monoisotopic (exact) mass is 919 g/mol. The van der Waals surface area contributed by atoms with Crippen LogP contribution in [0.15, 0.2) is 66.7 Å². The van der Waals surface area contributed by atoms with E-state index in [1.165, 1.54) is 71.1 Å². The second kappa shape index (κ2) is 24.0. The molecule has 2 aliphatic rings. The number of carbonyl (C=O) groups excluding carboxylic acids is 3. The summed E-state index contributed by atoms with van der Waals surface area (Å²) in [6.45, 7) is 13.2. The average Bonchev–Trinajstić information content (AvgIpc) is 3.24. The highest BCUT2D eigenvalue weighted by Gasteiger charge is 2.29. The number of benzene rings is 4. The van der Waals surface area contributed by atoms with Crippen LogP contribution in [0, 0.1) is 53.4 Å². The molecule has 2 N–H and O–H groups in total. The molecular formula is C47H58IN3O8. The summed E-state index contributed by atoms with van der Waals surface area (Å²) in [5.74, 6) is 0.332. The van der Waals surface area contributed by atoms with Gasteiger partial charge in [0.25, 0.3) is 0 Å². The smallest absolute Gasteiger partial charge is 0.416 e. The molecule has 2 unspecified atom stereocenters. The summed E-state index contributed by atoms with van der Waals surface area (Å²) in [6, 6.07) is 22.2. The quantitative estimate of drug-likeness (QED) is 0.0268. The number of alkyl halides is 1. The Kier molecular flexibility index (Phi) is 19.6. The SMILES string of the molecule is COC(=O)C(CCc1c(C)cccc1C)=[N+]=[N-].COC(=O)C1COc2ccc(N)c(C)c2C1.COC(=O)C1COc2cccc(C)c2C1.Cc1cccc(C)c1CCI. The number of rotatable bonds is 8. The van der Waals surface area contributed by atoms with Gasteiger partial charge in [-0.3, -0.25) is 9.59 Å². The summed E-state index contributed by atoms with van der Waals surface area (Å²) < 4.78 is 26.3. The molecule has 0 bridgehead atoms. The minimum Gasteiger partial charge on any atom is -0.492 e. The number of halogens is 1. The van der Waals surface area contributed by atoms with Gasteiger partial charge in [-0.15, -0.1) is 0 Å². The number of methoxy groups -OCH3 is 3. The normalized spacial score (nSPS) is 14.5. The van der Waals surface area contributed by atoms with E-state index in [-0.39, 0.29) is 29.5 Å². The first kappa shape index (κ1) is 48.2. The van der Waals surface area contributed by atoms with Crippen molar-refractivity contribution in [2.24, 2.45) is 11.8 Å². The minimum absolute atomic E-state index is 0.0511. The van der Waals surface area contributed by atoms with Crippen molar-refractivity contribution in [1.82, 2.24) is 0 Å². The van der Waals surface area contributed by atoms with Crippen LogP contribution in [-0.2, 0) is 54.3 Å². The van der Waals surface area contributed by atoms with Crippen molar-refractivity contribution in [3.63, 3.8) is 0 Å². The number of hydrogen-bond donors (Lipinski definition) is 1. The fourth-order valence-electron chi connectivity index (χ4n) is 6.97. The second-order valence-corrected chi connectivity index (χ2v) is 15.6. The van der Waals surface area contributed by atoms with Crippen molar-refractivity contribution in [2.45, 2.75) is 73.6 Å². The Hall–Kier alpha value is -5.20. The lowest BCUT2D eigenvalue weighted by molar-refractivity contribution is -0.147. The number of carbonyl (C=O) groups is 3. The third-order valence-electron chi connectivity index (χ3n) is 10.6. The molecule has 6 rings (SSSR count). The highest BCUT2D eigenvalue weighted by molar-refractivity contribution is 14.1. The van der Waals surface area contributed by atoms with E-state index >= 15 is 0 Å². The summed E-state index contributed by atoms with van der Waals surface area (Å²) in [5, 5.41) is 0. The van der Waals surface area contributed by atoms with Crippen molar-refractivity contribution in [3.05, 3.63) is 128 Å². The first-order valence-corrected chi connectivity index (χ1v) is 21.1. The molecule has 0 saturated carbocycles. The van der Waals surface area contributed by atoms with Crippen LogP contribution >= 0.6 is 22.6 Å². The number of nitrogens with zero attached hydrogens (tertiary/aromatic N) is 2. The zero-order valence-electron chi connectivity index (χ0n) is 35.8. The Bertz CT molecular complexity index is 2090. The van der Waals surface area contributed by atoms with Crippen LogP contribution in [-0.4, -0.2) is 67.4 Å². The van der Waals surface area contributed by atoms with Crippen molar-refractivity contribution in [3.8, 4) is 11.5 Å². The third-order valence-corrected chi connectivity index (χ3v) is 11.1. The molecular weight excluding hydrogens is 861 g/mol. The topological polar surface area (TPSA) is 160 Å². The first-order chi connectivity index (χ1) is 28.2. The second-order valence-electron chi connectivity index (χ2n) is 14.5. The minimum atomic E-state index is -0.585. The highest BCUT2D eigenvalue weighted by Crippen LogP contribution is 2.33. The Balaban J connectivity index is 0.000000212. The molecule has 0 aliphatic carbocycles. The number of ether oxygens (including phenoxy) is 5. The third kappa shape index (κ3) is 13.7. The molecule has 2 aliphatic heterocycles. The summed E-state index contributed by atoms with van der Waals surface area (Å²) in [7, 11) is 4.08. The molecule has 0 radical (unpaired) electrons. The molecule has 4 aromatic rings. The molecule has 0 fully saturated rings. The molecule has 12 heteroatoms. The Labute approximate surface area is 362 Å². The van der Waals surface area contributed by atoms with Crippen molar-refractivity contribution < 1.29 is 42.9 Å². The standard InChI is InChI=1S/C13H16N2O2.C12H15NO3.C12H14O3.C10H13I/c1-9-5-4-6-10(2)11(9)7-8-12(15-14)13(16)17-3;1-7-9-5-8(12(14)15-2)6-16-11(9)4-3-10(7)13;1-8-4-3-5-11-10(8)6-9(7-15-11)12(13)14-2;1-8-4-3-5-9(2)10(8)6-7-11/h4-6H,7-8H2,1-3H3;3-4,8H,5-6,13H2,1-2H3;3-5,9H,6-7H2,1-2H3;3-5H,6-7H2,1-2H3. The number of anilines is 1. The number of fused-ring (bicyclic) bond motifs is 2. The summed E-state index contributed by atoms with van der Waals surface area (Å²) >= 11 is 2.42. The van der Waals surface area contributed by atoms with Crippen LogP contribution in [0.4, 0.5) is 5.69 Å². The molecule has 59 heavy (non-hydrogen) atoms. The fraction of sp³-hybridized carbons (Fsp3) is 0.404. The van der Waals surface area contributed by atoms with Gasteiger partial charge in [-0.25, -0.2) is 4.79 Å². The first-order valence-electron chi connectivity index (χ1n) is 19.5. The number of aryl methyl sites for hydroxylation is 5. The lowest BCUT2D eigenvalue weighted by Gasteiger charge is -2.25. The maximum atomic E-state index is 11.4. The van der Waals surface area contributed by atoms with Gasteiger partial charge in [-0.2, -0.15) is 4.79 Å². The van der Waals surface area contributed by atoms with Gasteiger partial charge < -0.3 is 34.9 Å². The number of hydrogen-bond acceptors (Lipinski definition) is 9. The number of nitrogens with two attached hydrogens (primary N) is 1. The molecule has 0 aromatic heterocycles. The van der Waals surface area contributed by atoms with Gasteiger partial charge >= 0.3 is 23.6 Å². The van der Waals surface area contributed by atoms with Crippen LogP contribution in [0.2, 0.25) is 0 Å². The van der Waals surface area contributed by atoms with Crippen molar-refractivity contribution in [2.75, 3.05) is 44.7 Å². The summed E-state index contributed by atoms with van der Waals surface area (Å²) in [4.78, 5) is 37.0.